The number of nitro benzene ring substituents is 1. The molecule has 0 saturated carbocycles. The molecule has 25 heavy (non-hydrogen) atoms. The van der Waals surface area contributed by atoms with E-state index in [4.69, 9.17) is 28.3 Å². The number of hydrogen-bond donors (Lipinski definition) is 1. The van der Waals surface area contributed by atoms with E-state index >= 15 is 0 Å². The summed E-state index contributed by atoms with van der Waals surface area (Å²) in [6.45, 7) is -0.879. The summed E-state index contributed by atoms with van der Waals surface area (Å²) < 4.78 is 26.2. The maximum atomic E-state index is 12.8. The second kappa shape index (κ2) is 7.26. The average Bonchev–Trinajstić information content (AvgIpc) is 2.51. The third kappa shape index (κ3) is 4.38. The highest BCUT2D eigenvalue weighted by molar-refractivity contribution is 7.92. The zero-order chi connectivity index (χ0) is 18.8. The first kappa shape index (κ1) is 19.0. The minimum atomic E-state index is -4.31. The van der Waals surface area contributed by atoms with E-state index in [1.165, 1.54) is 18.2 Å². The standard InChI is InChI=1S/C14H10Cl2N2O6S/c15-9-5-10(16)7-12(6-9)17(8-14(19)20)25(23,24)13-3-1-11(2-4-13)18(21)22/h1-7H,8H2,(H,19,20). The van der Waals surface area contributed by atoms with Gasteiger partial charge in [-0.3, -0.25) is 19.2 Å². The van der Waals surface area contributed by atoms with Gasteiger partial charge in [-0.1, -0.05) is 23.2 Å². The fourth-order valence-corrected chi connectivity index (χ4v) is 3.90. The number of non-ortho nitro benzene ring substituents is 1. The number of benzene rings is 2. The van der Waals surface area contributed by atoms with Gasteiger partial charge in [0.05, 0.1) is 15.5 Å². The SMILES string of the molecule is O=C(O)CN(c1cc(Cl)cc(Cl)c1)S(=O)(=O)c1ccc([N+](=O)[O-])cc1. The molecular formula is C14H10Cl2N2O6S. The van der Waals surface area contributed by atoms with Crippen molar-refractivity contribution in [2.75, 3.05) is 10.8 Å². The van der Waals surface area contributed by atoms with Crippen molar-refractivity contribution in [1.29, 1.82) is 0 Å². The topological polar surface area (TPSA) is 118 Å². The van der Waals surface area contributed by atoms with E-state index in [0.29, 0.717) is 4.31 Å². The van der Waals surface area contributed by atoms with Crippen LogP contribution >= 0.6 is 23.2 Å². The molecule has 0 aliphatic carbocycles. The maximum absolute atomic E-state index is 12.8. The molecule has 0 aliphatic heterocycles. The molecule has 2 aromatic rings. The Morgan fingerprint density at radius 1 is 1.12 bits per heavy atom. The van der Waals surface area contributed by atoms with Crippen LogP contribution in [0.25, 0.3) is 0 Å². The molecule has 1 N–H and O–H groups in total. The van der Waals surface area contributed by atoms with Crippen LogP contribution in [0.4, 0.5) is 11.4 Å². The van der Waals surface area contributed by atoms with Gasteiger partial charge >= 0.3 is 5.97 Å². The van der Waals surface area contributed by atoms with Crippen LogP contribution in [0.3, 0.4) is 0 Å². The molecular weight excluding hydrogens is 395 g/mol. The van der Waals surface area contributed by atoms with Crippen molar-refractivity contribution in [3.63, 3.8) is 0 Å². The summed E-state index contributed by atoms with van der Waals surface area (Å²) in [6.07, 6.45) is 0. The van der Waals surface area contributed by atoms with Gasteiger partial charge in [0.15, 0.2) is 0 Å². The van der Waals surface area contributed by atoms with E-state index in [2.05, 4.69) is 0 Å². The highest BCUT2D eigenvalue weighted by Gasteiger charge is 2.28. The first-order valence-electron chi connectivity index (χ1n) is 6.56. The third-order valence-electron chi connectivity index (χ3n) is 3.05. The summed E-state index contributed by atoms with van der Waals surface area (Å²) in [6, 6.07) is 7.93. The zero-order valence-corrected chi connectivity index (χ0v) is 14.6. The molecule has 0 saturated heterocycles. The first-order chi connectivity index (χ1) is 11.6. The van der Waals surface area contributed by atoms with Crippen LogP contribution in [0.15, 0.2) is 47.4 Å². The van der Waals surface area contributed by atoms with Gasteiger partial charge in [-0.15, -0.1) is 0 Å². The molecule has 8 nitrogen and oxygen atoms in total. The van der Waals surface area contributed by atoms with Gasteiger partial charge in [-0.25, -0.2) is 8.42 Å². The molecule has 0 amide bonds. The van der Waals surface area contributed by atoms with Gasteiger partial charge in [0, 0.05) is 22.2 Å². The lowest BCUT2D eigenvalue weighted by molar-refractivity contribution is -0.384. The highest BCUT2D eigenvalue weighted by Crippen LogP contribution is 2.30. The van der Waals surface area contributed by atoms with Crippen LogP contribution in [0.1, 0.15) is 0 Å². The molecule has 0 unspecified atom stereocenters. The minimum Gasteiger partial charge on any atom is -0.480 e. The molecule has 2 aromatic carbocycles. The molecule has 0 fully saturated rings. The number of nitrogens with zero attached hydrogens (tertiary/aromatic N) is 2. The number of nitro groups is 1. The molecule has 0 spiro atoms. The van der Waals surface area contributed by atoms with Crippen LogP contribution in [0, 0.1) is 10.1 Å². The van der Waals surface area contributed by atoms with E-state index in [9.17, 15) is 23.3 Å². The van der Waals surface area contributed by atoms with Crippen molar-refractivity contribution in [2.45, 2.75) is 4.90 Å². The fraction of sp³-hybridized carbons (Fsp3) is 0.0714. The van der Waals surface area contributed by atoms with Crippen molar-refractivity contribution < 1.29 is 23.2 Å². The van der Waals surface area contributed by atoms with Gasteiger partial charge in [-0.2, -0.15) is 0 Å². The second-order valence-corrected chi connectivity index (χ2v) is 7.52. The number of hydrogen-bond acceptors (Lipinski definition) is 5. The number of carboxylic acid groups (broad SMARTS) is 1. The monoisotopic (exact) mass is 404 g/mol. The number of sulfonamides is 1. The molecule has 2 rings (SSSR count). The van der Waals surface area contributed by atoms with Crippen LogP contribution in [-0.2, 0) is 14.8 Å². The van der Waals surface area contributed by atoms with E-state index < -0.39 is 27.5 Å². The van der Waals surface area contributed by atoms with E-state index in [1.807, 2.05) is 0 Å². The number of rotatable bonds is 6. The number of anilines is 1. The summed E-state index contributed by atoms with van der Waals surface area (Å²) in [5, 5.41) is 20.0. The van der Waals surface area contributed by atoms with Crippen molar-refractivity contribution in [1.82, 2.24) is 0 Å². The molecule has 132 valence electrons. The Labute approximate surface area is 152 Å². The fourth-order valence-electron chi connectivity index (χ4n) is 1.99. The molecule has 0 atom stereocenters. The lowest BCUT2D eigenvalue weighted by Crippen LogP contribution is -2.35. The number of halogens is 2. The molecule has 0 radical (unpaired) electrons. The zero-order valence-electron chi connectivity index (χ0n) is 12.3. The predicted molar refractivity (Wildman–Crippen MR) is 91.7 cm³/mol. The van der Waals surface area contributed by atoms with Gasteiger partial charge < -0.3 is 5.11 Å². The van der Waals surface area contributed by atoms with Gasteiger partial charge in [-0.05, 0) is 30.3 Å². The summed E-state index contributed by atoms with van der Waals surface area (Å²) in [4.78, 5) is 20.8. The van der Waals surface area contributed by atoms with Gasteiger partial charge in [0.2, 0.25) is 0 Å². The first-order valence-corrected chi connectivity index (χ1v) is 8.76. The Bertz CT molecular complexity index is 911. The predicted octanol–water partition coefficient (Wildman–Crippen LogP) is 3.18. The summed E-state index contributed by atoms with van der Waals surface area (Å²) >= 11 is 11.7. The smallest absolute Gasteiger partial charge is 0.324 e. The summed E-state index contributed by atoms with van der Waals surface area (Å²) in [5.41, 5.74) is -0.340. The normalized spacial score (nSPS) is 11.1. The highest BCUT2D eigenvalue weighted by atomic mass is 35.5. The maximum Gasteiger partial charge on any atom is 0.324 e. The van der Waals surface area contributed by atoms with Crippen molar-refractivity contribution in [2.24, 2.45) is 0 Å². The van der Waals surface area contributed by atoms with Crippen molar-refractivity contribution >= 4 is 50.6 Å². The number of carboxylic acids is 1. The Hall–Kier alpha value is -2.36. The Morgan fingerprint density at radius 3 is 2.08 bits per heavy atom. The van der Waals surface area contributed by atoms with Crippen LogP contribution in [0.5, 0.6) is 0 Å². The minimum absolute atomic E-state index is 0.0433. The second-order valence-electron chi connectivity index (χ2n) is 4.78. The summed E-state index contributed by atoms with van der Waals surface area (Å²) in [5.74, 6) is -1.40. The average molecular weight is 405 g/mol. The summed E-state index contributed by atoms with van der Waals surface area (Å²) in [7, 11) is -4.31. The number of carbonyl (C=O) groups is 1. The van der Waals surface area contributed by atoms with E-state index in [-0.39, 0.29) is 26.3 Å². The molecule has 0 aromatic heterocycles. The van der Waals surface area contributed by atoms with Crippen molar-refractivity contribution in [3.8, 4) is 0 Å². The molecule has 0 aliphatic rings. The largest absolute Gasteiger partial charge is 0.480 e. The van der Waals surface area contributed by atoms with E-state index in [1.54, 1.807) is 0 Å². The quantitative estimate of drug-likeness (QED) is 0.583. The van der Waals surface area contributed by atoms with Crippen LogP contribution in [-0.4, -0.2) is 31.0 Å². The lowest BCUT2D eigenvalue weighted by atomic mass is 10.3. The van der Waals surface area contributed by atoms with Crippen LogP contribution in [0.2, 0.25) is 10.0 Å². The Balaban J connectivity index is 2.55. The Morgan fingerprint density at radius 2 is 1.64 bits per heavy atom. The lowest BCUT2D eigenvalue weighted by Gasteiger charge is -2.23. The van der Waals surface area contributed by atoms with Gasteiger partial charge in [0.25, 0.3) is 15.7 Å². The molecule has 11 heteroatoms. The third-order valence-corrected chi connectivity index (χ3v) is 5.27. The number of aliphatic carboxylic acids is 1. The van der Waals surface area contributed by atoms with Crippen LogP contribution < -0.4 is 4.31 Å². The Kier molecular flexibility index (Phi) is 5.51. The van der Waals surface area contributed by atoms with Crippen molar-refractivity contribution in [3.05, 3.63) is 62.6 Å². The molecule has 0 heterocycles. The van der Waals surface area contributed by atoms with Gasteiger partial charge in [0.1, 0.15) is 6.54 Å². The molecule has 0 bridgehead atoms. The van der Waals surface area contributed by atoms with E-state index in [0.717, 1.165) is 24.3 Å².